The maximum atomic E-state index is 12.5. The van der Waals surface area contributed by atoms with Crippen LogP contribution in [-0.2, 0) is 4.79 Å². The number of rotatable bonds is 6. The molecule has 128 valence electrons. The molecule has 0 spiro atoms. The summed E-state index contributed by atoms with van der Waals surface area (Å²) < 4.78 is 5.59. The molecule has 1 aliphatic carbocycles. The van der Waals surface area contributed by atoms with Gasteiger partial charge in [0.25, 0.3) is 0 Å². The van der Waals surface area contributed by atoms with E-state index in [1.54, 1.807) is 6.26 Å². The summed E-state index contributed by atoms with van der Waals surface area (Å²) in [6.07, 6.45) is 7.57. The molecule has 2 atom stereocenters. The number of nitrogens with one attached hydrogen (secondary N) is 2. The van der Waals surface area contributed by atoms with Crippen LogP contribution < -0.4 is 10.6 Å². The van der Waals surface area contributed by atoms with Gasteiger partial charge in [-0.1, -0.05) is 49.6 Å². The van der Waals surface area contributed by atoms with Crippen molar-refractivity contribution in [3.63, 3.8) is 0 Å². The average molecular weight is 326 g/mol. The third kappa shape index (κ3) is 4.26. The van der Waals surface area contributed by atoms with Gasteiger partial charge < -0.3 is 9.73 Å². The van der Waals surface area contributed by atoms with Crippen molar-refractivity contribution in [1.82, 2.24) is 10.6 Å². The molecular formula is C20H26N2O2. The van der Waals surface area contributed by atoms with E-state index in [0.717, 1.165) is 24.2 Å². The molecule has 24 heavy (non-hydrogen) atoms. The molecule has 0 saturated heterocycles. The van der Waals surface area contributed by atoms with Crippen molar-refractivity contribution in [3.8, 4) is 0 Å². The third-order valence-corrected chi connectivity index (χ3v) is 4.72. The van der Waals surface area contributed by atoms with Crippen LogP contribution >= 0.6 is 0 Å². The number of hydrogen-bond acceptors (Lipinski definition) is 3. The molecule has 1 aliphatic rings. The van der Waals surface area contributed by atoms with Crippen molar-refractivity contribution in [2.75, 3.05) is 0 Å². The normalized spacial score (nSPS) is 18.0. The highest BCUT2D eigenvalue weighted by molar-refractivity contribution is 5.81. The lowest BCUT2D eigenvalue weighted by molar-refractivity contribution is -0.123. The Kier molecular flexibility index (Phi) is 5.70. The Bertz CT molecular complexity index is 618. The van der Waals surface area contributed by atoms with Crippen molar-refractivity contribution in [3.05, 3.63) is 60.1 Å². The van der Waals surface area contributed by atoms with E-state index in [4.69, 9.17) is 4.42 Å². The smallest absolute Gasteiger partial charge is 0.237 e. The van der Waals surface area contributed by atoms with Crippen LogP contribution in [0.2, 0.25) is 0 Å². The van der Waals surface area contributed by atoms with E-state index < -0.39 is 0 Å². The fourth-order valence-corrected chi connectivity index (χ4v) is 3.34. The van der Waals surface area contributed by atoms with E-state index >= 15 is 0 Å². The first kappa shape index (κ1) is 16.8. The number of benzene rings is 1. The summed E-state index contributed by atoms with van der Waals surface area (Å²) >= 11 is 0. The molecule has 1 aromatic carbocycles. The molecule has 0 bridgehead atoms. The number of carbonyl (C=O) groups excluding carboxylic acids is 1. The summed E-state index contributed by atoms with van der Waals surface area (Å²) in [5.41, 5.74) is 1.09. The topological polar surface area (TPSA) is 54.3 Å². The second-order valence-corrected chi connectivity index (χ2v) is 6.59. The fraction of sp³-hybridized carbons (Fsp3) is 0.450. The van der Waals surface area contributed by atoms with Gasteiger partial charge in [-0.2, -0.15) is 0 Å². The van der Waals surface area contributed by atoms with Gasteiger partial charge in [0, 0.05) is 6.04 Å². The van der Waals surface area contributed by atoms with Crippen molar-refractivity contribution in [1.29, 1.82) is 0 Å². The Morgan fingerprint density at radius 1 is 1.08 bits per heavy atom. The zero-order valence-corrected chi connectivity index (χ0v) is 14.2. The van der Waals surface area contributed by atoms with Gasteiger partial charge >= 0.3 is 0 Å². The zero-order chi connectivity index (χ0) is 16.8. The summed E-state index contributed by atoms with van der Waals surface area (Å²) in [7, 11) is 0. The van der Waals surface area contributed by atoms with E-state index in [2.05, 4.69) is 10.6 Å². The van der Waals surface area contributed by atoms with Gasteiger partial charge in [0.1, 0.15) is 5.76 Å². The van der Waals surface area contributed by atoms with Crippen LogP contribution in [0, 0.1) is 0 Å². The van der Waals surface area contributed by atoms with Gasteiger partial charge in [-0.15, -0.1) is 0 Å². The Hall–Kier alpha value is -2.07. The van der Waals surface area contributed by atoms with Gasteiger partial charge in [-0.25, -0.2) is 0 Å². The Labute approximate surface area is 143 Å². The minimum atomic E-state index is -0.290. The molecule has 4 nitrogen and oxygen atoms in total. The van der Waals surface area contributed by atoms with Gasteiger partial charge in [0.2, 0.25) is 5.91 Å². The second kappa shape index (κ2) is 8.15. The van der Waals surface area contributed by atoms with E-state index in [1.807, 2.05) is 49.4 Å². The Balaban J connectivity index is 1.66. The van der Waals surface area contributed by atoms with Crippen LogP contribution in [0.5, 0.6) is 0 Å². The monoisotopic (exact) mass is 326 g/mol. The van der Waals surface area contributed by atoms with Crippen LogP contribution in [0.3, 0.4) is 0 Å². The van der Waals surface area contributed by atoms with Crippen molar-refractivity contribution in [2.24, 2.45) is 0 Å². The summed E-state index contributed by atoms with van der Waals surface area (Å²) in [5, 5.41) is 6.61. The predicted octanol–water partition coefficient (Wildman–Crippen LogP) is 3.80. The van der Waals surface area contributed by atoms with Crippen molar-refractivity contribution >= 4 is 5.91 Å². The lowest BCUT2D eigenvalue weighted by Gasteiger charge is -2.26. The number of hydrogen-bond donors (Lipinski definition) is 2. The molecule has 1 aromatic heterocycles. The van der Waals surface area contributed by atoms with E-state index in [-0.39, 0.29) is 18.0 Å². The first-order valence-electron chi connectivity index (χ1n) is 8.89. The van der Waals surface area contributed by atoms with Crippen LogP contribution in [0.15, 0.2) is 53.1 Å². The number of furan rings is 1. The largest absolute Gasteiger partial charge is 0.467 e. The molecule has 0 unspecified atom stereocenters. The minimum Gasteiger partial charge on any atom is -0.467 e. The third-order valence-electron chi connectivity index (χ3n) is 4.72. The highest BCUT2D eigenvalue weighted by Gasteiger charge is 2.24. The van der Waals surface area contributed by atoms with Crippen LogP contribution in [0.1, 0.15) is 56.4 Å². The molecule has 4 heteroatoms. The molecule has 3 rings (SSSR count). The molecule has 2 aromatic rings. The Morgan fingerprint density at radius 2 is 1.83 bits per heavy atom. The standard InChI is InChI=1S/C20H26N2O2/c1-15(20(23)22-17-11-6-3-7-12-17)21-19(18-13-8-14-24-18)16-9-4-2-5-10-16/h2,4-5,8-10,13-15,17,19,21H,3,6-7,11-12H2,1H3,(H,22,23)/t15-,19-/m1/s1. The molecule has 2 N–H and O–H groups in total. The van der Waals surface area contributed by atoms with Crippen molar-refractivity contribution in [2.45, 2.75) is 57.2 Å². The van der Waals surface area contributed by atoms with Gasteiger partial charge in [0.05, 0.1) is 18.3 Å². The highest BCUT2D eigenvalue weighted by atomic mass is 16.3. The predicted molar refractivity (Wildman–Crippen MR) is 94.6 cm³/mol. The van der Waals surface area contributed by atoms with Gasteiger partial charge in [0.15, 0.2) is 0 Å². The number of carbonyl (C=O) groups is 1. The minimum absolute atomic E-state index is 0.0642. The lowest BCUT2D eigenvalue weighted by Crippen LogP contribution is -2.47. The molecule has 1 fully saturated rings. The first-order valence-corrected chi connectivity index (χ1v) is 8.89. The molecule has 1 amide bonds. The maximum Gasteiger partial charge on any atom is 0.237 e. The molecule has 1 heterocycles. The SMILES string of the molecule is C[C@@H](N[C@H](c1ccccc1)c1ccco1)C(=O)NC1CCCCC1. The molecule has 0 aliphatic heterocycles. The molecule has 1 saturated carbocycles. The second-order valence-electron chi connectivity index (χ2n) is 6.59. The zero-order valence-electron chi connectivity index (χ0n) is 14.2. The highest BCUT2D eigenvalue weighted by Crippen LogP contribution is 2.23. The number of amides is 1. The van der Waals surface area contributed by atoms with Crippen LogP contribution in [0.25, 0.3) is 0 Å². The summed E-state index contributed by atoms with van der Waals surface area (Å²) in [5.74, 6) is 0.882. The summed E-state index contributed by atoms with van der Waals surface area (Å²) in [6, 6.07) is 13.8. The first-order chi connectivity index (χ1) is 11.7. The maximum absolute atomic E-state index is 12.5. The molecular weight excluding hydrogens is 300 g/mol. The average Bonchev–Trinajstić information content (AvgIpc) is 3.15. The van der Waals surface area contributed by atoms with Crippen LogP contribution in [-0.4, -0.2) is 18.0 Å². The van der Waals surface area contributed by atoms with Crippen molar-refractivity contribution < 1.29 is 9.21 Å². The van der Waals surface area contributed by atoms with E-state index in [9.17, 15) is 4.79 Å². The summed E-state index contributed by atoms with van der Waals surface area (Å²) in [6.45, 7) is 1.91. The quantitative estimate of drug-likeness (QED) is 0.849. The molecule has 0 radical (unpaired) electrons. The lowest BCUT2D eigenvalue weighted by atomic mass is 9.95. The van der Waals surface area contributed by atoms with E-state index in [1.165, 1.54) is 19.3 Å². The summed E-state index contributed by atoms with van der Waals surface area (Å²) in [4.78, 5) is 12.5. The Morgan fingerprint density at radius 3 is 2.50 bits per heavy atom. The van der Waals surface area contributed by atoms with Gasteiger partial charge in [-0.3, -0.25) is 10.1 Å². The van der Waals surface area contributed by atoms with Crippen LogP contribution in [0.4, 0.5) is 0 Å². The van der Waals surface area contributed by atoms with Gasteiger partial charge in [-0.05, 0) is 37.5 Å². The fourth-order valence-electron chi connectivity index (χ4n) is 3.34. The van der Waals surface area contributed by atoms with E-state index in [0.29, 0.717) is 6.04 Å².